The summed E-state index contributed by atoms with van der Waals surface area (Å²) >= 11 is 2.14. The van der Waals surface area contributed by atoms with E-state index in [0.717, 1.165) is 3.57 Å². The van der Waals surface area contributed by atoms with Gasteiger partial charge < -0.3 is 14.8 Å². The molecule has 118 valence electrons. The number of benzene rings is 1. The van der Waals surface area contributed by atoms with E-state index >= 15 is 0 Å². The topological polar surface area (TPSA) is 71.3 Å². The number of nitrogens with zero attached hydrogens (tertiary/aromatic N) is 1. The molecule has 5 nitrogen and oxygen atoms in total. The Labute approximate surface area is 144 Å². The highest BCUT2D eigenvalue weighted by Gasteiger charge is 2.13. The summed E-state index contributed by atoms with van der Waals surface area (Å²) in [5, 5.41) is 11.9. The van der Waals surface area contributed by atoms with Gasteiger partial charge in [-0.1, -0.05) is 0 Å². The molecule has 0 fully saturated rings. The number of nitriles is 1. The lowest BCUT2D eigenvalue weighted by atomic mass is 10.1. The van der Waals surface area contributed by atoms with Crippen LogP contribution in [0.25, 0.3) is 6.08 Å². The maximum Gasteiger partial charge on any atom is 0.262 e. The number of amides is 1. The number of ether oxygens (including phenoxy) is 2. The Hall–Kier alpha value is -1.75. The number of carbonyl (C=O) groups is 1. The molecular formula is C16H19IN2O3. The van der Waals surface area contributed by atoms with Gasteiger partial charge in [0.15, 0.2) is 11.5 Å². The third-order valence-electron chi connectivity index (χ3n) is 2.64. The molecule has 6 heteroatoms. The highest BCUT2D eigenvalue weighted by molar-refractivity contribution is 14.1. The second kappa shape index (κ2) is 8.63. The molecule has 1 aromatic rings. The van der Waals surface area contributed by atoms with E-state index in [9.17, 15) is 4.79 Å². The van der Waals surface area contributed by atoms with Crippen molar-refractivity contribution in [2.24, 2.45) is 0 Å². The smallest absolute Gasteiger partial charge is 0.262 e. The first kappa shape index (κ1) is 18.3. The summed E-state index contributed by atoms with van der Waals surface area (Å²) in [5.41, 5.74) is 0.760. The molecule has 0 atom stereocenters. The van der Waals surface area contributed by atoms with Gasteiger partial charge in [0.25, 0.3) is 5.91 Å². The molecular weight excluding hydrogens is 395 g/mol. The molecule has 0 aliphatic carbocycles. The Morgan fingerprint density at radius 2 is 2.18 bits per heavy atom. The van der Waals surface area contributed by atoms with Crippen LogP contribution in [0.1, 0.15) is 26.3 Å². The summed E-state index contributed by atoms with van der Waals surface area (Å²) in [5.74, 6) is 0.842. The van der Waals surface area contributed by atoms with Crippen LogP contribution in [-0.2, 0) is 4.79 Å². The summed E-state index contributed by atoms with van der Waals surface area (Å²) in [4.78, 5) is 11.9. The first-order valence-electron chi connectivity index (χ1n) is 6.85. The van der Waals surface area contributed by atoms with E-state index in [4.69, 9.17) is 14.7 Å². The lowest BCUT2D eigenvalue weighted by Crippen LogP contribution is -2.30. The number of rotatable bonds is 6. The SMILES string of the molecule is CCOc1c(I)cc(/C=C(\C#N)C(=O)NC(C)C)cc1OC. The zero-order chi connectivity index (χ0) is 16.7. The fourth-order valence-electron chi connectivity index (χ4n) is 1.76. The predicted molar refractivity (Wildman–Crippen MR) is 93.7 cm³/mol. The quantitative estimate of drug-likeness (QED) is 0.441. The van der Waals surface area contributed by atoms with Gasteiger partial charge in [0, 0.05) is 6.04 Å². The molecule has 22 heavy (non-hydrogen) atoms. The number of hydrogen-bond donors (Lipinski definition) is 1. The van der Waals surface area contributed by atoms with E-state index in [1.54, 1.807) is 13.2 Å². The Bertz CT molecular complexity index is 619. The van der Waals surface area contributed by atoms with Crippen LogP contribution >= 0.6 is 22.6 Å². The van der Waals surface area contributed by atoms with Gasteiger partial charge >= 0.3 is 0 Å². The van der Waals surface area contributed by atoms with Crippen LogP contribution in [0.15, 0.2) is 17.7 Å². The van der Waals surface area contributed by atoms with E-state index in [1.165, 1.54) is 6.08 Å². The van der Waals surface area contributed by atoms with Crippen molar-refractivity contribution in [1.82, 2.24) is 5.32 Å². The predicted octanol–water partition coefficient (Wildman–Crippen LogP) is 3.13. The van der Waals surface area contributed by atoms with Gasteiger partial charge in [-0.25, -0.2) is 0 Å². The molecule has 1 aromatic carbocycles. The minimum absolute atomic E-state index is 0.0285. The monoisotopic (exact) mass is 414 g/mol. The van der Waals surface area contributed by atoms with E-state index in [-0.39, 0.29) is 17.5 Å². The molecule has 0 bridgehead atoms. The molecule has 0 spiro atoms. The second-order valence-electron chi connectivity index (χ2n) is 4.77. The van der Waals surface area contributed by atoms with Crippen LogP contribution in [0.4, 0.5) is 0 Å². The van der Waals surface area contributed by atoms with Crippen molar-refractivity contribution in [2.45, 2.75) is 26.8 Å². The average Bonchev–Trinajstić information content (AvgIpc) is 2.46. The lowest BCUT2D eigenvalue weighted by molar-refractivity contribution is -0.117. The fourth-order valence-corrected chi connectivity index (χ4v) is 2.54. The molecule has 0 aliphatic heterocycles. The van der Waals surface area contributed by atoms with Gasteiger partial charge in [0.05, 0.1) is 17.3 Å². The minimum Gasteiger partial charge on any atom is -0.493 e. The van der Waals surface area contributed by atoms with Crippen molar-refractivity contribution in [2.75, 3.05) is 13.7 Å². The summed E-state index contributed by atoms with van der Waals surface area (Å²) < 4.78 is 11.7. The molecule has 1 N–H and O–H groups in total. The third-order valence-corrected chi connectivity index (χ3v) is 3.44. The number of halogens is 1. The summed E-state index contributed by atoms with van der Waals surface area (Å²) in [7, 11) is 1.55. The van der Waals surface area contributed by atoms with Crippen LogP contribution in [0.5, 0.6) is 11.5 Å². The molecule has 0 aliphatic rings. The van der Waals surface area contributed by atoms with Gasteiger partial charge in [-0.2, -0.15) is 5.26 Å². The molecule has 0 radical (unpaired) electrons. The molecule has 0 aromatic heterocycles. The van der Waals surface area contributed by atoms with Crippen molar-refractivity contribution in [3.63, 3.8) is 0 Å². The average molecular weight is 414 g/mol. The molecule has 0 saturated carbocycles. The summed E-state index contributed by atoms with van der Waals surface area (Å²) in [6.45, 7) is 6.11. The first-order chi connectivity index (χ1) is 10.4. The Morgan fingerprint density at radius 1 is 1.50 bits per heavy atom. The van der Waals surface area contributed by atoms with Gasteiger partial charge in [-0.15, -0.1) is 0 Å². The van der Waals surface area contributed by atoms with Crippen molar-refractivity contribution < 1.29 is 14.3 Å². The highest BCUT2D eigenvalue weighted by atomic mass is 127. The highest BCUT2D eigenvalue weighted by Crippen LogP contribution is 2.34. The van der Waals surface area contributed by atoms with E-state index in [1.807, 2.05) is 32.9 Å². The third kappa shape index (κ3) is 4.91. The molecule has 1 rings (SSSR count). The molecule has 0 heterocycles. The fraction of sp³-hybridized carbons (Fsp3) is 0.375. The molecule has 1 amide bonds. The van der Waals surface area contributed by atoms with Crippen LogP contribution in [0.3, 0.4) is 0 Å². The summed E-state index contributed by atoms with van der Waals surface area (Å²) in [6, 6.07) is 5.48. The van der Waals surface area contributed by atoms with Gasteiger partial charge in [0.2, 0.25) is 0 Å². The van der Waals surface area contributed by atoms with Crippen LogP contribution in [-0.4, -0.2) is 25.7 Å². The zero-order valence-electron chi connectivity index (χ0n) is 13.1. The maximum atomic E-state index is 11.9. The first-order valence-corrected chi connectivity index (χ1v) is 7.93. The van der Waals surface area contributed by atoms with E-state index in [0.29, 0.717) is 23.7 Å². The number of nitrogens with one attached hydrogen (secondary N) is 1. The Morgan fingerprint density at radius 3 is 2.68 bits per heavy atom. The number of hydrogen-bond acceptors (Lipinski definition) is 4. The van der Waals surface area contributed by atoms with Crippen LogP contribution in [0.2, 0.25) is 0 Å². The lowest BCUT2D eigenvalue weighted by Gasteiger charge is -2.12. The normalized spacial score (nSPS) is 11.0. The maximum absolute atomic E-state index is 11.9. The zero-order valence-corrected chi connectivity index (χ0v) is 15.2. The van der Waals surface area contributed by atoms with Crippen LogP contribution in [0, 0.1) is 14.9 Å². The van der Waals surface area contributed by atoms with Crippen molar-refractivity contribution in [1.29, 1.82) is 5.26 Å². The number of methoxy groups -OCH3 is 1. The minimum atomic E-state index is -0.389. The largest absolute Gasteiger partial charge is 0.493 e. The van der Waals surface area contributed by atoms with Crippen LogP contribution < -0.4 is 14.8 Å². The van der Waals surface area contributed by atoms with Gasteiger partial charge in [0.1, 0.15) is 11.6 Å². The number of carbonyl (C=O) groups excluding carboxylic acids is 1. The van der Waals surface area contributed by atoms with E-state index in [2.05, 4.69) is 27.9 Å². The Balaban J connectivity index is 3.21. The summed E-state index contributed by atoms with van der Waals surface area (Å²) in [6.07, 6.45) is 1.54. The Kier molecular flexibility index (Phi) is 7.18. The van der Waals surface area contributed by atoms with Crippen molar-refractivity contribution in [3.05, 3.63) is 26.8 Å². The molecule has 0 saturated heterocycles. The second-order valence-corrected chi connectivity index (χ2v) is 5.93. The van der Waals surface area contributed by atoms with E-state index < -0.39 is 0 Å². The van der Waals surface area contributed by atoms with Gasteiger partial charge in [-0.05, 0) is 67.1 Å². The standard InChI is InChI=1S/C16H19IN2O3/c1-5-22-15-13(17)7-11(8-14(15)21-4)6-12(9-18)16(20)19-10(2)3/h6-8,10H,5H2,1-4H3,(H,19,20)/b12-6+. The molecule has 0 unspecified atom stereocenters. The van der Waals surface area contributed by atoms with Gasteiger partial charge in [-0.3, -0.25) is 4.79 Å². The van der Waals surface area contributed by atoms with Crippen molar-refractivity contribution in [3.8, 4) is 17.6 Å². The van der Waals surface area contributed by atoms with Crippen molar-refractivity contribution >= 4 is 34.6 Å².